The highest BCUT2D eigenvalue weighted by Crippen LogP contribution is 2.43. The molecule has 3 aromatic heterocycles. The second-order valence-electron chi connectivity index (χ2n) is 16.0. The topological polar surface area (TPSA) is 29.5 Å². The summed E-state index contributed by atoms with van der Waals surface area (Å²) in [4.78, 5) is 2.35. The zero-order valence-corrected chi connectivity index (χ0v) is 34.2. The van der Waals surface area contributed by atoms with Gasteiger partial charge in [-0.05, 0) is 118 Å². The Kier molecular flexibility index (Phi) is 7.78. The SMILES string of the molecule is c1ccc2c(c1)ccc1c2oc2cccc(-c3ccc(N(c4ccc(-c5ccc6sc7ccccc7c6c5)cc4)c4ccc(-c5cccc6oc7ccccc7c56)cc4)cc3)c21. The second kappa shape index (κ2) is 13.8. The maximum absolute atomic E-state index is 6.55. The molecule has 0 spiro atoms. The molecule has 0 fully saturated rings. The van der Waals surface area contributed by atoms with E-state index in [9.17, 15) is 0 Å². The van der Waals surface area contributed by atoms with Crippen LogP contribution in [0.4, 0.5) is 17.1 Å². The molecular formula is C58H35NO2S. The highest BCUT2D eigenvalue weighted by Gasteiger charge is 2.18. The summed E-state index contributed by atoms with van der Waals surface area (Å²) < 4.78 is 15.4. The number of para-hydroxylation sites is 1. The molecule has 0 amide bonds. The van der Waals surface area contributed by atoms with Crippen LogP contribution >= 0.6 is 11.3 Å². The number of anilines is 3. The Balaban J connectivity index is 0.913. The molecule has 3 nitrogen and oxygen atoms in total. The Morgan fingerprint density at radius 3 is 1.56 bits per heavy atom. The van der Waals surface area contributed by atoms with E-state index in [1.807, 2.05) is 23.5 Å². The number of thiophene rings is 1. The molecule has 13 rings (SSSR count). The molecule has 0 saturated carbocycles. The van der Waals surface area contributed by atoms with Crippen molar-refractivity contribution in [3.63, 3.8) is 0 Å². The Hall–Kier alpha value is -7.92. The summed E-state index contributed by atoms with van der Waals surface area (Å²) >= 11 is 1.85. The Morgan fingerprint density at radius 2 is 0.855 bits per heavy atom. The standard InChI is InChI=1S/C58H35NO2S/c1-2-10-46-37(9-1)25-33-49-57-45(14-8-17-53(57)61-58(46)49)39-23-31-43(32-24-39)59(41-27-19-36(20-28-41)40-26-34-55-50(35-40)47-11-4-6-18-54(47)62-55)42-29-21-38(22-30-42)44-13-7-16-52-56(44)48-12-3-5-15-51(48)60-52/h1-35H. The van der Waals surface area contributed by atoms with Gasteiger partial charge in [0.1, 0.15) is 22.3 Å². The van der Waals surface area contributed by atoms with Gasteiger partial charge in [0.05, 0.1) is 0 Å². The summed E-state index contributed by atoms with van der Waals surface area (Å²) in [5, 5.41) is 9.46. The Bertz CT molecular complexity index is 3850. The van der Waals surface area contributed by atoms with Crippen molar-refractivity contribution in [1.29, 1.82) is 0 Å². The first-order chi connectivity index (χ1) is 30.7. The van der Waals surface area contributed by atoms with E-state index in [1.54, 1.807) is 0 Å². The third kappa shape index (κ3) is 5.51. The maximum Gasteiger partial charge on any atom is 0.143 e. The third-order valence-electron chi connectivity index (χ3n) is 12.5. The molecule has 62 heavy (non-hydrogen) atoms. The largest absolute Gasteiger partial charge is 0.456 e. The van der Waals surface area contributed by atoms with Crippen LogP contribution in [0, 0.1) is 0 Å². The summed E-state index contributed by atoms with van der Waals surface area (Å²) in [5.41, 5.74) is 13.8. The average molecular weight is 810 g/mol. The Labute approximate surface area is 360 Å². The number of hydrogen-bond donors (Lipinski definition) is 0. The number of hydrogen-bond acceptors (Lipinski definition) is 4. The summed E-state index contributed by atoms with van der Waals surface area (Å²) in [5.74, 6) is 0. The highest BCUT2D eigenvalue weighted by molar-refractivity contribution is 7.25. The Morgan fingerprint density at radius 1 is 0.323 bits per heavy atom. The quantitative estimate of drug-likeness (QED) is 0.168. The fourth-order valence-corrected chi connectivity index (χ4v) is 10.6. The molecular weight excluding hydrogens is 775 g/mol. The summed E-state index contributed by atoms with van der Waals surface area (Å²) in [6.07, 6.45) is 0. The van der Waals surface area contributed by atoms with Crippen molar-refractivity contribution in [2.24, 2.45) is 0 Å². The minimum Gasteiger partial charge on any atom is -0.456 e. The van der Waals surface area contributed by atoms with Crippen LogP contribution in [0.1, 0.15) is 0 Å². The predicted octanol–water partition coefficient (Wildman–Crippen LogP) is 17.5. The van der Waals surface area contributed by atoms with E-state index in [4.69, 9.17) is 8.83 Å². The fraction of sp³-hybridized carbons (Fsp3) is 0. The molecule has 0 aliphatic carbocycles. The minimum atomic E-state index is 0.894. The monoisotopic (exact) mass is 809 g/mol. The van der Waals surface area contributed by atoms with Gasteiger partial charge in [0.15, 0.2) is 0 Å². The van der Waals surface area contributed by atoms with Crippen molar-refractivity contribution < 1.29 is 8.83 Å². The summed E-state index contributed by atoms with van der Waals surface area (Å²) in [7, 11) is 0. The van der Waals surface area contributed by atoms with Crippen molar-refractivity contribution in [3.05, 3.63) is 212 Å². The lowest BCUT2D eigenvalue weighted by Crippen LogP contribution is -2.09. The van der Waals surface area contributed by atoms with Gasteiger partial charge in [-0.15, -0.1) is 11.3 Å². The van der Waals surface area contributed by atoms with Crippen LogP contribution in [0.3, 0.4) is 0 Å². The fourth-order valence-electron chi connectivity index (χ4n) is 9.55. The maximum atomic E-state index is 6.55. The molecule has 0 saturated heterocycles. The normalized spacial score (nSPS) is 11.9. The van der Waals surface area contributed by atoms with Gasteiger partial charge in [0.2, 0.25) is 0 Å². The smallest absolute Gasteiger partial charge is 0.143 e. The van der Waals surface area contributed by atoms with Crippen molar-refractivity contribution in [3.8, 4) is 33.4 Å². The van der Waals surface area contributed by atoms with E-state index >= 15 is 0 Å². The average Bonchev–Trinajstić information content (AvgIpc) is 4.04. The van der Waals surface area contributed by atoms with Crippen LogP contribution in [-0.4, -0.2) is 0 Å². The van der Waals surface area contributed by atoms with Gasteiger partial charge in [-0.3, -0.25) is 0 Å². The lowest BCUT2D eigenvalue weighted by molar-refractivity contribution is 0.669. The van der Waals surface area contributed by atoms with E-state index in [2.05, 4.69) is 205 Å². The first kappa shape index (κ1) is 34.9. The number of furan rings is 2. The molecule has 0 radical (unpaired) electrons. The van der Waals surface area contributed by atoms with Crippen LogP contribution in [-0.2, 0) is 0 Å². The van der Waals surface area contributed by atoms with Crippen LogP contribution in [0.5, 0.6) is 0 Å². The van der Waals surface area contributed by atoms with Gasteiger partial charge in [0.25, 0.3) is 0 Å². The molecule has 0 unspecified atom stereocenters. The van der Waals surface area contributed by atoms with Crippen LogP contribution < -0.4 is 4.90 Å². The number of rotatable bonds is 6. The summed E-state index contributed by atoms with van der Waals surface area (Å²) in [6.45, 7) is 0. The molecule has 0 atom stereocenters. The van der Waals surface area contributed by atoms with Crippen LogP contribution in [0.25, 0.3) is 108 Å². The molecule has 290 valence electrons. The molecule has 4 heteroatoms. The first-order valence-electron chi connectivity index (χ1n) is 21.0. The van der Waals surface area contributed by atoms with Crippen LogP contribution in [0.15, 0.2) is 221 Å². The molecule has 10 aromatic carbocycles. The van der Waals surface area contributed by atoms with Crippen molar-refractivity contribution in [2.75, 3.05) is 4.90 Å². The van der Waals surface area contributed by atoms with Gasteiger partial charge in [-0.1, -0.05) is 133 Å². The predicted molar refractivity (Wildman–Crippen MR) is 262 cm³/mol. The molecule has 3 heterocycles. The molecule has 13 aromatic rings. The van der Waals surface area contributed by atoms with E-state index in [0.717, 1.165) is 88.6 Å². The van der Waals surface area contributed by atoms with Gasteiger partial charge in [0, 0.05) is 64.2 Å². The molecule has 0 aliphatic rings. The van der Waals surface area contributed by atoms with E-state index in [0.29, 0.717) is 0 Å². The van der Waals surface area contributed by atoms with Crippen molar-refractivity contribution in [2.45, 2.75) is 0 Å². The van der Waals surface area contributed by atoms with E-state index < -0.39 is 0 Å². The zero-order chi connectivity index (χ0) is 40.7. The summed E-state index contributed by atoms with van der Waals surface area (Å²) in [6, 6.07) is 76.2. The molecule has 0 bridgehead atoms. The highest BCUT2D eigenvalue weighted by atomic mass is 32.1. The number of fused-ring (bicyclic) bond motifs is 11. The van der Waals surface area contributed by atoms with Gasteiger partial charge < -0.3 is 13.7 Å². The van der Waals surface area contributed by atoms with E-state index in [1.165, 1.54) is 36.7 Å². The lowest BCUT2D eigenvalue weighted by atomic mass is 9.97. The second-order valence-corrected chi connectivity index (χ2v) is 17.1. The lowest BCUT2D eigenvalue weighted by Gasteiger charge is -2.26. The van der Waals surface area contributed by atoms with Gasteiger partial charge in [-0.2, -0.15) is 0 Å². The number of benzene rings is 10. The van der Waals surface area contributed by atoms with Gasteiger partial charge >= 0.3 is 0 Å². The van der Waals surface area contributed by atoms with Crippen molar-refractivity contribution >= 4 is 103 Å². The van der Waals surface area contributed by atoms with Crippen molar-refractivity contribution in [1.82, 2.24) is 0 Å². The zero-order valence-electron chi connectivity index (χ0n) is 33.4. The molecule has 0 aliphatic heterocycles. The first-order valence-corrected chi connectivity index (χ1v) is 21.8. The molecule has 0 N–H and O–H groups in total. The minimum absolute atomic E-state index is 0.894. The third-order valence-corrected chi connectivity index (χ3v) is 13.7. The van der Waals surface area contributed by atoms with Crippen LogP contribution in [0.2, 0.25) is 0 Å². The van der Waals surface area contributed by atoms with Gasteiger partial charge in [-0.25, -0.2) is 0 Å². The number of nitrogens with zero attached hydrogens (tertiary/aromatic N) is 1. The van der Waals surface area contributed by atoms with E-state index in [-0.39, 0.29) is 0 Å².